The second-order valence-electron chi connectivity index (χ2n) is 5.19. The third-order valence-corrected chi connectivity index (χ3v) is 3.48. The fraction of sp³-hybridized carbons (Fsp3) is 0.0625. The van der Waals surface area contributed by atoms with Gasteiger partial charge in [0, 0.05) is 6.07 Å². The van der Waals surface area contributed by atoms with Crippen LogP contribution in [0.1, 0.15) is 5.69 Å². The summed E-state index contributed by atoms with van der Waals surface area (Å²) >= 11 is 0. The van der Waals surface area contributed by atoms with Crippen LogP contribution in [0.4, 0.5) is 17.1 Å². The first-order valence-electron chi connectivity index (χ1n) is 7.23. The Kier molecular flexibility index (Phi) is 4.12. The molecule has 0 aliphatic rings. The minimum Gasteiger partial charge on any atom is -0.505 e. The Morgan fingerprint density at radius 1 is 1.16 bits per heavy atom. The lowest BCUT2D eigenvalue weighted by molar-refractivity contribution is -0.384. The first-order valence-corrected chi connectivity index (χ1v) is 7.23. The molecule has 3 aromatic rings. The Bertz CT molecular complexity index is 1020. The molecule has 0 saturated carbocycles. The molecule has 1 aromatic heterocycles. The molecule has 0 aliphatic carbocycles. The number of hydrogen-bond acceptors (Lipinski definition) is 6. The summed E-state index contributed by atoms with van der Waals surface area (Å²) in [5.74, 6) is -0.394. The molecular weight excluding hydrogens is 326 g/mol. The van der Waals surface area contributed by atoms with Crippen LogP contribution in [0.2, 0.25) is 0 Å². The Labute approximate surface area is 141 Å². The van der Waals surface area contributed by atoms with Gasteiger partial charge >= 0.3 is 0 Å². The van der Waals surface area contributed by atoms with Crippen molar-refractivity contribution in [3.05, 3.63) is 74.7 Å². The smallest absolute Gasteiger partial charge is 0.299 e. The van der Waals surface area contributed by atoms with Crippen LogP contribution < -0.4 is 5.56 Å². The van der Waals surface area contributed by atoms with Gasteiger partial charge in [-0.25, -0.2) is 4.68 Å². The van der Waals surface area contributed by atoms with Gasteiger partial charge < -0.3 is 5.11 Å². The summed E-state index contributed by atoms with van der Waals surface area (Å²) in [7, 11) is 0. The van der Waals surface area contributed by atoms with E-state index in [4.69, 9.17) is 0 Å². The highest BCUT2D eigenvalue weighted by Crippen LogP contribution is 2.31. The maximum absolute atomic E-state index is 12.5. The van der Waals surface area contributed by atoms with Crippen LogP contribution in [0.3, 0.4) is 0 Å². The van der Waals surface area contributed by atoms with Gasteiger partial charge in [-0.05, 0) is 25.1 Å². The van der Waals surface area contributed by atoms with Crippen molar-refractivity contribution in [1.82, 2.24) is 9.78 Å². The van der Waals surface area contributed by atoms with Gasteiger partial charge in [-0.15, -0.1) is 10.2 Å². The Morgan fingerprint density at radius 3 is 2.52 bits per heavy atom. The lowest BCUT2D eigenvalue weighted by Gasteiger charge is -1.99. The molecule has 9 nitrogen and oxygen atoms in total. The highest BCUT2D eigenvalue weighted by atomic mass is 16.6. The normalized spacial score (nSPS) is 11.1. The minimum absolute atomic E-state index is 0.0249. The van der Waals surface area contributed by atoms with Crippen LogP contribution in [0.15, 0.2) is 63.6 Å². The van der Waals surface area contributed by atoms with Crippen molar-refractivity contribution in [2.24, 2.45) is 10.2 Å². The second-order valence-corrected chi connectivity index (χ2v) is 5.19. The van der Waals surface area contributed by atoms with E-state index in [2.05, 4.69) is 15.3 Å². The number of non-ortho nitro benzene ring substituents is 1. The number of nitro benzene ring substituents is 1. The van der Waals surface area contributed by atoms with Crippen LogP contribution in [0, 0.1) is 17.0 Å². The molecule has 126 valence electrons. The number of phenols is 1. The molecule has 0 aliphatic heterocycles. The molecule has 1 heterocycles. The molecule has 0 bridgehead atoms. The van der Waals surface area contributed by atoms with Gasteiger partial charge in [0.2, 0.25) is 0 Å². The monoisotopic (exact) mass is 339 g/mol. The number of rotatable bonds is 4. The quantitative estimate of drug-likeness (QED) is 0.428. The van der Waals surface area contributed by atoms with Crippen molar-refractivity contribution in [2.75, 3.05) is 0 Å². The van der Waals surface area contributed by atoms with E-state index < -0.39 is 16.2 Å². The van der Waals surface area contributed by atoms with E-state index in [0.29, 0.717) is 11.4 Å². The maximum Gasteiger partial charge on any atom is 0.299 e. The molecule has 0 unspecified atom stereocenters. The predicted molar refractivity (Wildman–Crippen MR) is 90.1 cm³/mol. The van der Waals surface area contributed by atoms with Gasteiger partial charge in [0.25, 0.3) is 11.2 Å². The van der Waals surface area contributed by atoms with E-state index in [0.717, 1.165) is 6.07 Å². The molecule has 0 radical (unpaired) electrons. The van der Waals surface area contributed by atoms with Gasteiger partial charge in [-0.3, -0.25) is 20.0 Å². The van der Waals surface area contributed by atoms with E-state index in [1.165, 1.54) is 16.8 Å². The van der Waals surface area contributed by atoms with E-state index in [-0.39, 0.29) is 17.1 Å². The fourth-order valence-corrected chi connectivity index (χ4v) is 2.23. The summed E-state index contributed by atoms with van der Waals surface area (Å²) in [5, 5.41) is 31.1. The van der Waals surface area contributed by atoms with Crippen molar-refractivity contribution >= 4 is 17.1 Å². The number of aromatic nitrogens is 2. The molecule has 0 spiro atoms. The highest BCUT2D eigenvalue weighted by Gasteiger charge is 2.13. The van der Waals surface area contributed by atoms with Crippen molar-refractivity contribution in [3.63, 3.8) is 0 Å². The minimum atomic E-state index is -0.629. The number of aromatic hydroxyl groups is 1. The van der Waals surface area contributed by atoms with Gasteiger partial charge in [0.05, 0.1) is 22.4 Å². The van der Waals surface area contributed by atoms with Crippen LogP contribution in [-0.4, -0.2) is 19.8 Å². The molecule has 3 rings (SSSR count). The largest absolute Gasteiger partial charge is 0.505 e. The zero-order valence-corrected chi connectivity index (χ0v) is 13.1. The third kappa shape index (κ3) is 3.15. The number of para-hydroxylation sites is 1. The maximum atomic E-state index is 12.5. The zero-order chi connectivity index (χ0) is 18.0. The van der Waals surface area contributed by atoms with Crippen LogP contribution >= 0.6 is 0 Å². The van der Waals surface area contributed by atoms with E-state index in [1.807, 2.05) is 6.07 Å². The number of nitrogens with zero attached hydrogens (tertiary/aromatic N) is 4. The summed E-state index contributed by atoms with van der Waals surface area (Å²) in [5.41, 5.74) is 0.599. The number of azo groups is 1. The van der Waals surface area contributed by atoms with Crippen LogP contribution in [0.5, 0.6) is 5.75 Å². The van der Waals surface area contributed by atoms with Gasteiger partial charge in [0.15, 0.2) is 5.69 Å². The molecule has 2 N–H and O–H groups in total. The summed E-state index contributed by atoms with van der Waals surface area (Å²) in [6.07, 6.45) is 0. The molecule has 0 fully saturated rings. The summed E-state index contributed by atoms with van der Waals surface area (Å²) in [6.45, 7) is 1.67. The van der Waals surface area contributed by atoms with Crippen LogP contribution in [-0.2, 0) is 0 Å². The lowest BCUT2D eigenvalue weighted by atomic mass is 10.2. The number of nitro groups is 1. The van der Waals surface area contributed by atoms with Gasteiger partial charge in [-0.1, -0.05) is 18.2 Å². The number of phenolic OH excluding ortho intramolecular Hbond substituents is 1. The zero-order valence-electron chi connectivity index (χ0n) is 13.1. The first-order chi connectivity index (χ1) is 12.0. The van der Waals surface area contributed by atoms with E-state index >= 15 is 0 Å². The number of hydrogen-bond donors (Lipinski definition) is 2. The van der Waals surface area contributed by atoms with Gasteiger partial charge in [0.1, 0.15) is 11.4 Å². The van der Waals surface area contributed by atoms with Crippen molar-refractivity contribution in [2.45, 2.75) is 6.92 Å². The number of nitrogens with one attached hydrogen (secondary N) is 1. The fourth-order valence-electron chi connectivity index (χ4n) is 2.23. The van der Waals surface area contributed by atoms with E-state index in [1.54, 1.807) is 31.2 Å². The lowest BCUT2D eigenvalue weighted by Crippen LogP contribution is -2.13. The highest BCUT2D eigenvalue weighted by molar-refractivity contribution is 5.56. The SMILES string of the molecule is Cc1[nH]n(-c2ccccc2)c(=O)c1/N=N/c1ccc([N+](=O)[O-])cc1O. The Hall–Kier alpha value is -3.75. The van der Waals surface area contributed by atoms with Crippen LogP contribution in [0.25, 0.3) is 5.69 Å². The molecule has 0 amide bonds. The summed E-state index contributed by atoms with van der Waals surface area (Å²) in [6, 6.07) is 12.4. The van der Waals surface area contributed by atoms with Crippen molar-refractivity contribution in [1.29, 1.82) is 0 Å². The predicted octanol–water partition coefficient (Wildman–Crippen LogP) is 3.50. The number of H-pyrrole nitrogens is 1. The standard InChI is InChI=1S/C16H13N5O4/c1-10-15(16(23)20(19-10)11-5-3-2-4-6-11)18-17-13-8-7-12(21(24)25)9-14(13)22/h2-9,19,22H,1H3/b18-17+. The average molecular weight is 339 g/mol. The van der Waals surface area contributed by atoms with Crippen molar-refractivity contribution in [3.8, 4) is 11.4 Å². The third-order valence-electron chi connectivity index (χ3n) is 3.48. The molecule has 25 heavy (non-hydrogen) atoms. The first kappa shape index (κ1) is 16.1. The average Bonchev–Trinajstić information content (AvgIpc) is 2.89. The molecule has 2 aromatic carbocycles. The Morgan fingerprint density at radius 2 is 1.88 bits per heavy atom. The van der Waals surface area contributed by atoms with E-state index in [9.17, 15) is 20.0 Å². The number of aromatic amines is 1. The molecule has 0 atom stereocenters. The molecule has 0 saturated heterocycles. The second kappa shape index (κ2) is 6.40. The summed E-state index contributed by atoms with van der Waals surface area (Å²) in [4.78, 5) is 22.5. The number of benzene rings is 2. The Balaban J connectivity index is 1.96. The molecule has 9 heteroatoms. The summed E-state index contributed by atoms with van der Waals surface area (Å²) < 4.78 is 1.33. The number of aryl methyl sites for hydroxylation is 1. The molecular formula is C16H13N5O4. The van der Waals surface area contributed by atoms with Gasteiger partial charge in [-0.2, -0.15) is 0 Å². The topological polar surface area (TPSA) is 126 Å². The van der Waals surface area contributed by atoms with Crippen molar-refractivity contribution < 1.29 is 10.0 Å².